The molecule has 0 spiro atoms. The molecule has 0 atom stereocenters. The van der Waals surface area contributed by atoms with Gasteiger partial charge in [-0.25, -0.2) is 17.9 Å². The molecule has 2 aromatic carbocycles. The van der Waals surface area contributed by atoms with Gasteiger partial charge >= 0.3 is 5.97 Å². The van der Waals surface area contributed by atoms with Gasteiger partial charge in [0.15, 0.2) is 0 Å². The zero-order valence-electron chi connectivity index (χ0n) is 13.8. The van der Waals surface area contributed by atoms with Crippen LogP contribution in [0.5, 0.6) is 0 Å². The zero-order chi connectivity index (χ0) is 18.9. The van der Waals surface area contributed by atoms with Crippen molar-refractivity contribution in [1.82, 2.24) is 4.72 Å². The molecule has 3 rings (SSSR count). The van der Waals surface area contributed by atoms with Gasteiger partial charge < -0.3 is 9.52 Å². The standard InChI is InChI=1S/C18H16ClNO5S/c1-11-14-10-13(6-7-16(14)25-17(11)18(21)22)26(23,24)20-9-8-12-4-2-3-5-15(12)19/h2-7,10,20H,8-9H2,1H3,(H,21,22). The van der Waals surface area contributed by atoms with Gasteiger partial charge in [-0.2, -0.15) is 0 Å². The van der Waals surface area contributed by atoms with Crippen LogP contribution in [0, 0.1) is 6.92 Å². The van der Waals surface area contributed by atoms with Gasteiger partial charge in [0.25, 0.3) is 0 Å². The molecule has 1 aromatic heterocycles. The fourth-order valence-corrected chi connectivity index (χ4v) is 3.96. The summed E-state index contributed by atoms with van der Waals surface area (Å²) >= 11 is 6.07. The number of sulfonamides is 1. The molecule has 1 heterocycles. The molecule has 0 bridgehead atoms. The van der Waals surface area contributed by atoms with Gasteiger partial charge in [-0.05, 0) is 43.2 Å². The van der Waals surface area contributed by atoms with Crippen LogP contribution in [-0.2, 0) is 16.4 Å². The average molecular weight is 394 g/mol. The van der Waals surface area contributed by atoms with Gasteiger partial charge in [0, 0.05) is 22.5 Å². The third kappa shape index (κ3) is 3.60. The van der Waals surface area contributed by atoms with Crippen molar-refractivity contribution in [2.24, 2.45) is 0 Å². The molecule has 0 radical (unpaired) electrons. The molecular formula is C18H16ClNO5S. The molecule has 2 N–H and O–H groups in total. The van der Waals surface area contributed by atoms with E-state index in [0.717, 1.165) is 5.56 Å². The summed E-state index contributed by atoms with van der Waals surface area (Å²) in [5, 5.41) is 10.1. The first-order chi connectivity index (χ1) is 12.3. The number of carboxylic acid groups (broad SMARTS) is 1. The van der Waals surface area contributed by atoms with Crippen molar-refractivity contribution in [1.29, 1.82) is 0 Å². The first kappa shape index (κ1) is 18.4. The fourth-order valence-electron chi connectivity index (χ4n) is 2.68. The number of hydrogen-bond acceptors (Lipinski definition) is 4. The monoisotopic (exact) mass is 393 g/mol. The summed E-state index contributed by atoms with van der Waals surface area (Å²) in [7, 11) is -3.74. The number of carboxylic acids is 1. The van der Waals surface area contributed by atoms with Gasteiger partial charge in [-0.3, -0.25) is 0 Å². The fraction of sp³-hybridized carbons (Fsp3) is 0.167. The minimum atomic E-state index is -3.74. The summed E-state index contributed by atoms with van der Waals surface area (Å²) in [5.41, 5.74) is 1.57. The Balaban J connectivity index is 1.81. The van der Waals surface area contributed by atoms with E-state index in [-0.39, 0.29) is 17.2 Å². The van der Waals surface area contributed by atoms with E-state index in [1.165, 1.54) is 18.2 Å². The topological polar surface area (TPSA) is 96.6 Å². The summed E-state index contributed by atoms with van der Waals surface area (Å²) in [5.74, 6) is -1.39. The maximum absolute atomic E-state index is 12.5. The molecule has 26 heavy (non-hydrogen) atoms. The average Bonchev–Trinajstić information content (AvgIpc) is 2.93. The van der Waals surface area contributed by atoms with E-state index >= 15 is 0 Å². The highest BCUT2D eigenvalue weighted by Gasteiger charge is 2.20. The predicted octanol–water partition coefficient (Wildman–Crippen LogP) is 3.61. The Hall–Kier alpha value is -2.35. The Morgan fingerprint density at radius 1 is 1.23 bits per heavy atom. The summed E-state index contributed by atoms with van der Waals surface area (Å²) in [6, 6.07) is 11.5. The first-order valence-corrected chi connectivity index (χ1v) is 9.65. The van der Waals surface area contributed by atoms with Crippen LogP contribution in [0.4, 0.5) is 0 Å². The number of aryl methyl sites for hydroxylation is 1. The van der Waals surface area contributed by atoms with E-state index in [4.69, 9.17) is 21.1 Å². The molecule has 0 aliphatic heterocycles. The van der Waals surface area contributed by atoms with Crippen molar-refractivity contribution in [2.75, 3.05) is 6.54 Å². The second-order valence-electron chi connectivity index (χ2n) is 5.76. The first-order valence-electron chi connectivity index (χ1n) is 7.79. The van der Waals surface area contributed by atoms with Crippen LogP contribution >= 0.6 is 11.6 Å². The van der Waals surface area contributed by atoms with Crippen LogP contribution in [0.2, 0.25) is 5.02 Å². The number of benzene rings is 2. The van der Waals surface area contributed by atoms with Gasteiger partial charge in [-0.1, -0.05) is 29.8 Å². The lowest BCUT2D eigenvalue weighted by Gasteiger charge is -2.08. The Morgan fingerprint density at radius 3 is 2.65 bits per heavy atom. The third-order valence-corrected chi connectivity index (χ3v) is 5.88. The zero-order valence-corrected chi connectivity index (χ0v) is 15.4. The molecule has 136 valence electrons. The van der Waals surface area contributed by atoms with Crippen molar-refractivity contribution < 1.29 is 22.7 Å². The Morgan fingerprint density at radius 2 is 1.96 bits per heavy atom. The SMILES string of the molecule is Cc1c(C(=O)O)oc2ccc(S(=O)(=O)NCCc3ccccc3Cl)cc12. The van der Waals surface area contributed by atoms with Crippen molar-refractivity contribution >= 4 is 38.6 Å². The second kappa shape index (κ2) is 7.11. The molecule has 0 unspecified atom stereocenters. The van der Waals surface area contributed by atoms with Crippen molar-refractivity contribution in [3.8, 4) is 0 Å². The summed E-state index contributed by atoms with van der Waals surface area (Å²) in [6.45, 7) is 1.77. The lowest BCUT2D eigenvalue weighted by atomic mass is 10.1. The molecule has 0 saturated carbocycles. The van der Waals surface area contributed by atoms with Crippen LogP contribution in [-0.4, -0.2) is 26.0 Å². The molecule has 6 nitrogen and oxygen atoms in total. The molecule has 0 fully saturated rings. The largest absolute Gasteiger partial charge is 0.475 e. The number of aromatic carboxylic acids is 1. The minimum absolute atomic E-state index is 0.0463. The van der Waals surface area contributed by atoms with Gasteiger partial charge in [-0.15, -0.1) is 0 Å². The lowest BCUT2D eigenvalue weighted by Crippen LogP contribution is -2.26. The smallest absolute Gasteiger partial charge is 0.372 e. The van der Waals surface area contributed by atoms with Crippen molar-refractivity contribution in [2.45, 2.75) is 18.2 Å². The third-order valence-electron chi connectivity index (χ3n) is 4.06. The molecule has 0 saturated heterocycles. The molecule has 0 aliphatic carbocycles. The van der Waals surface area contributed by atoms with Gasteiger partial charge in [0.2, 0.25) is 15.8 Å². The highest BCUT2D eigenvalue weighted by molar-refractivity contribution is 7.89. The van der Waals surface area contributed by atoms with E-state index in [9.17, 15) is 13.2 Å². The van der Waals surface area contributed by atoms with E-state index in [0.29, 0.717) is 28.0 Å². The van der Waals surface area contributed by atoms with Gasteiger partial charge in [0.1, 0.15) is 5.58 Å². The van der Waals surface area contributed by atoms with Crippen molar-refractivity contribution in [3.05, 3.63) is 64.4 Å². The second-order valence-corrected chi connectivity index (χ2v) is 7.93. The molecule has 0 amide bonds. The lowest BCUT2D eigenvalue weighted by molar-refractivity contribution is 0.0664. The summed E-state index contributed by atoms with van der Waals surface area (Å²) in [6.07, 6.45) is 0.453. The summed E-state index contributed by atoms with van der Waals surface area (Å²) < 4.78 is 32.8. The number of nitrogens with one attached hydrogen (secondary N) is 1. The number of fused-ring (bicyclic) bond motifs is 1. The predicted molar refractivity (Wildman–Crippen MR) is 98.3 cm³/mol. The minimum Gasteiger partial charge on any atom is -0.475 e. The van der Waals surface area contributed by atoms with Crippen LogP contribution in [0.3, 0.4) is 0 Å². The van der Waals surface area contributed by atoms with E-state index in [1.54, 1.807) is 13.0 Å². The number of furan rings is 1. The Kier molecular flexibility index (Phi) is 5.04. The van der Waals surface area contributed by atoms with Crippen molar-refractivity contribution in [3.63, 3.8) is 0 Å². The van der Waals surface area contributed by atoms with Gasteiger partial charge in [0.05, 0.1) is 4.90 Å². The van der Waals surface area contributed by atoms with E-state index in [1.807, 2.05) is 18.2 Å². The number of carbonyl (C=O) groups is 1. The maximum Gasteiger partial charge on any atom is 0.372 e. The maximum atomic E-state index is 12.5. The quantitative estimate of drug-likeness (QED) is 0.666. The van der Waals surface area contributed by atoms with Crippen LogP contribution in [0.1, 0.15) is 21.7 Å². The highest BCUT2D eigenvalue weighted by Crippen LogP contribution is 2.27. The Bertz CT molecular complexity index is 1090. The number of halogens is 1. The number of hydrogen-bond donors (Lipinski definition) is 2. The van der Waals surface area contributed by atoms with Crippen LogP contribution in [0.15, 0.2) is 51.8 Å². The molecule has 8 heteroatoms. The van der Waals surface area contributed by atoms with Crippen LogP contribution < -0.4 is 4.72 Å². The highest BCUT2D eigenvalue weighted by atomic mass is 35.5. The number of rotatable bonds is 6. The normalized spacial score (nSPS) is 11.8. The van der Waals surface area contributed by atoms with E-state index in [2.05, 4.69) is 4.72 Å². The molecule has 0 aliphatic rings. The van der Waals surface area contributed by atoms with Crippen LogP contribution in [0.25, 0.3) is 11.0 Å². The molecular weight excluding hydrogens is 378 g/mol. The molecule has 3 aromatic rings. The van der Waals surface area contributed by atoms with E-state index < -0.39 is 16.0 Å². The Labute approximate surface area is 155 Å². The summed E-state index contributed by atoms with van der Waals surface area (Å²) in [4.78, 5) is 11.2.